The predicted octanol–water partition coefficient (Wildman–Crippen LogP) is -2.45. The maximum absolute atomic E-state index is 10.3. The van der Waals surface area contributed by atoms with Crippen LogP contribution < -0.4 is 24.0 Å². The topological polar surface area (TPSA) is 32.3 Å². The second kappa shape index (κ2) is 8.29. The van der Waals surface area contributed by atoms with Crippen LogP contribution in [0, 0.1) is 0 Å². The standard InChI is InChI=1S/C5H10O2S.Li/c1-3-7-5(6)4-8-2;/h4,6H,3H2,1-2H3;/q;+1/p-1/b5-4+;. The molecule has 0 aliphatic heterocycles. The third kappa shape index (κ3) is 8.29. The molecule has 0 aromatic heterocycles. The molecule has 9 heavy (non-hydrogen) atoms. The van der Waals surface area contributed by atoms with Gasteiger partial charge in [-0.15, -0.1) is 11.8 Å². The minimum Gasteiger partial charge on any atom is -0.613 e. The largest absolute Gasteiger partial charge is 1.00 e. The number of ether oxygens (including phenoxy) is 1. The third-order valence-corrected chi connectivity index (χ3v) is 0.929. The molecular weight excluding hydrogens is 131 g/mol. The van der Waals surface area contributed by atoms with Crippen LogP contribution in [0.3, 0.4) is 0 Å². The maximum Gasteiger partial charge on any atom is 1.00 e. The van der Waals surface area contributed by atoms with Gasteiger partial charge in [0.15, 0.2) is 0 Å². The van der Waals surface area contributed by atoms with Crippen molar-refractivity contribution in [3.8, 4) is 0 Å². The van der Waals surface area contributed by atoms with Gasteiger partial charge in [0.1, 0.15) is 0 Å². The number of thioether (sulfide) groups is 1. The van der Waals surface area contributed by atoms with Crippen LogP contribution >= 0.6 is 11.8 Å². The summed E-state index contributed by atoms with van der Waals surface area (Å²) in [6.45, 7) is 2.24. The Bertz CT molecular complexity index is 85.0. The Hall–Kier alpha value is 0.287. The summed E-state index contributed by atoms with van der Waals surface area (Å²) in [6.07, 6.45) is 1.82. The molecule has 0 radical (unpaired) electrons. The van der Waals surface area contributed by atoms with E-state index in [9.17, 15) is 5.11 Å². The molecule has 0 unspecified atom stereocenters. The van der Waals surface area contributed by atoms with E-state index in [2.05, 4.69) is 4.74 Å². The summed E-state index contributed by atoms with van der Waals surface area (Å²) >= 11 is 1.35. The van der Waals surface area contributed by atoms with Crippen LogP contribution in [-0.2, 0) is 4.74 Å². The van der Waals surface area contributed by atoms with Crippen LogP contribution in [0.5, 0.6) is 0 Å². The molecule has 0 aliphatic rings. The van der Waals surface area contributed by atoms with E-state index in [1.165, 1.54) is 17.2 Å². The molecule has 0 saturated heterocycles. The molecule has 0 spiro atoms. The molecule has 48 valence electrons. The van der Waals surface area contributed by atoms with Gasteiger partial charge in [0.05, 0.1) is 5.95 Å². The van der Waals surface area contributed by atoms with Crippen molar-refractivity contribution in [2.24, 2.45) is 0 Å². The van der Waals surface area contributed by atoms with Gasteiger partial charge in [-0.3, -0.25) is 0 Å². The van der Waals surface area contributed by atoms with Crippen molar-refractivity contribution in [1.82, 2.24) is 0 Å². The van der Waals surface area contributed by atoms with Crippen molar-refractivity contribution in [3.63, 3.8) is 0 Å². The summed E-state index contributed by atoms with van der Waals surface area (Å²) in [7, 11) is 0. The number of hydrogen-bond donors (Lipinski definition) is 0. The number of rotatable bonds is 3. The van der Waals surface area contributed by atoms with Crippen LogP contribution in [-0.4, -0.2) is 12.9 Å². The van der Waals surface area contributed by atoms with Crippen molar-refractivity contribution >= 4 is 11.8 Å². The summed E-state index contributed by atoms with van der Waals surface area (Å²) < 4.78 is 4.57. The third-order valence-electron chi connectivity index (χ3n) is 0.501. The van der Waals surface area contributed by atoms with Gasteiger partial charge in [-0.25, -0.2) is 0 Å². The van der Waals surface area contributed by atoms with Crippen molar-refractivity contribution in [2.75, 3.05) is 12.9 Å². The Morgan fingerprint density at radius 2 is 2.33 bits per heavy atom. The van der Waals surface area contributed by atoms with Gasteiger partial charge in [0.25, 0.3) is 0 Å². The Balaban J connectivity index is 0. The predicted molar refractivity (Wildman–Crippen MR) is 33.2 cm³/mol. The minimum absolute atomic E-state index is 0. The molecule has 0 bridgehead atoms. The van der Waals surface area contributed by atoms with Gasteiger partial charge >= 0.3 is 18.9 Å². The smallest absolute Gasteiger partial charge is 0.613 e. The average molecular weight is 140 g/mol. The first kappa shape index (κ1) is 12.0. The van der Waals surface area contributed by atoms with Crippen LogP contribution in [0.4, 0.5) is 0 Å². The molecular formula is C5H9LiO2S. The first-order chi connectivity index (χ1) is 3.81. The molecule has 2 nitrogen and oxygen atoms in total. The Morgan fingerprint density at radius 3 is 2.67 bits per heavy atom. The van der Waals surface area contributed by atoms with Crippen molar-refractivity contribution in [2.45, 2.75) is 6.92 Å². The maximum atomic E-state index is 10.3. The van der Waals surface area contributed by atoms with E-state index in [0.717, 1.165) is 0 Å². The van der Waals surface area contributed by atoms with Gasteiger partial charge in [0.2, 0.25) is 0 Å². The first-order valence-corrected chi connectivity index (χ1v) is 3.62. The molecule has 0 heterocycles. The van der Waals surface area contributed by atoms with Crippen molar-refractivity contribution in [1.29, 1.82) is 0 Å². The van der Waals surface area contributed by atoms with Crippen LogP contribution in [0.1, 0.15) is 6.92 Å². The number of hydrogen-bond acceptors (Lipinski definition) is 3. The van der Waals surface area contributed by atoms with E-state index < -0.39 is 0 Å². The van der Waals surface area contributed by atoms with E-state index >= 15 is 0 Å². The van der Waals surface area contributed by atoms with Gasteiger partial charge < -0.3 is 9.84 Å². The Labute approximate surface area is 71.8 Å². The fourth-order valence-electron chi connectivity index (χ4n) is 0.273. The fourth-order valence-corrected chi connectivity index (χ4v) is 0.533. The molecule has 0 atom stereocenters. The molecule has 0 N–H and O–H groups in total. The molecule has 0 aromatic carbocycles. The van der Waals surface area contributed by atoms with Crippen LogP contribution in [0.25, 0.3) is 0 Å². The summed E-state index contributed by atoms with van der Waals surface area (Å²) in [5.41, 5.74) is 0. The van der Waals surface area contributed by atoms with Crippen LogP contribution in [0.2, 0.25) is 0 Å². The molecule has 4 heteroatoms. The summed E-state index contributed by atoms with van der Waals surface area (Å²) in [6, 6.07) is 0. The molecule has 0 amide bonds. The minimum atomic E-state index is -0.250. The van der Waals surface area contributed by atoms with Gasteiger partial charge in [0, 0.05) is 0 Å². The molecule has 0 rings (SSSR count). The molecule has 0 saturated carbocycles. The first-order valence-electron chi connectivity index (χ1n) is 2.34. The summed E-state index contributed by atoms with van der Waals surface area (Å²) in [4.78, 5) is 0. The zero-order valence-electron chi connectivity index (χ0n) is 6.01. The Kier molecular flexibility index (Phi) is 11.1. The fraction of sp³-hybridized carbons (Fsp3) is 0.600. The molecule has 0 aromatic rings. The SMILES string of the molecule is CCO/C([O-])=C/SC.[Li+]. The van der Waals surface area contributed by atoms with E-state index in [1.807, 2.05) is 6.26 Å². The van der Waals surface area contributed by atoms with E-state index in [-0.39, 0.29) is 24.8 Å². The monoisotopic (exact) mass is 140 g/mol. The van der Waals surface area contributed by atoms with Gasteiger partial charge in [-0.2, -0.15) is 0 Å². The summed E-state index contributed by atoms with van der Waals surface area (Å²) in [5.74, 6) is -0.250. The average Bonchev–Trinajstić information content (AvgIpc) is 1.68. The van der Waals surface area contributed by atoms with Crippen molar-refractivity contribution in [3.05, 3.63) is 11.4 Å². The molecule has 0 aliphatic carbocycles. The Morgan fingerprint density at radius 1 is 1.78 bits per heavy atom. The van der Waals surface area contributed by atoms with Gasteiger partial charge in [-0.1, -0.05) is 6.92 Å². The second-order valence-corrected chi connectivity index (χ2v) is 1.81. The summed E-state index contributed by atoms with van der Waals surface area (Å²) in [5, 5.41) is 11.8. The van der Waals surface area contributed by atoms with Crippen molar-refractivity contribution < 1.29 is 28.7 Å². The van der Waals surface area contributed by atoms with E-state index in [4.69, 9.17) is 0 Å². The van der Waals surface area contributed by atoms with E-state index in [1.54, 1.807) is 6.92 Å². The zero-order chi connectivity index (χ0) is 6.41. The van der Waals surface area contributed by atoms with E-state index in [0.29, 0.717) is 6.61 Å². The van der Waals surface area contributed by atoms with Crippen LogP contribution in [0.15, 0.2) is 11.4 Å². The van der Waals surface area contributed by atoms with Gasteiger partial charge in [-0.05, 0) is 18.3 Å². The zero-order valence-corrected chi connectivity index (χ0v) is 6.83. The quantitative estimate of drug-likeness (QED) is 0.322. The second-order valence-electron chi connectivity index (χ2n) is 1.11. The normalized spacial score (nSPS) is 10.2. The molecule has 0 fully saturated rings.